The number of imide groups is 1. The Bertz CT molecular complexity index is 743. The van der Waals surface area contributed by atoms with Gasteiger partial charge in [-0.05, 0) is 44.2 Å². The zero-order valence-electron chi connectivity index (χ0n) is 18.2. The smallest absolute Gasteiger partial charge is 0.321 e. The van der Waals surface area contributed by atoms with Crippen LogP contribution in [0, 0.1) is 0 Å². The second kappa shape index (κ2) is 11.7. The molecule has 3 N–H and O–H groups in total. The number of anilines is 2. The number of benzene rings is 1. The molecule has 31 heavy (non-hydrogen) atoms. The van der Waals surface area contributed by atoms with Gasteiger partial charge in [-0.2, -0.15) is 0 Å². The number of rotatable bonds is 7. The second-order valence-corrected chi connectivity index (χ2v) is 8.22. The van der Waals surface area contributed by atoms with E-state index in [1.807, 2.05) is 24.3 Å². The summed E-state index contributed by atoms with van der Waals surface area (Å²) >= 11 is 0. The highest BCUT2D eigenvalue weighted by Crippen LogP contribution is 2.19. The van der Waals surface area contributed by atoms with Crippen molar-refractivity contribution in [2.24, 2.45) is 0 Å². The van der Waals surface area contributed by atoms with E-state index in [0.717, 1.165) is 57.7 Å². The third-order valence-electron chi connectivity index (χ3n) is 5.55. The fourth-order valence-corrected chi connectivity index (χ4v) is 3.96. The van der Waals surface area contributed by atoms with Gasteiger partial charge in [-0.3, -0.25) is 19.8 Å². The van der Waals surface area contributed by atoms with Crippen molar-refractivity contribution in [3.8, 4) is 0 Å². The average Bonchev–Trinajstić information content (AvgIpc) is 2.75. The summed E-state index contributed by atoms with van der Waals surface area (Å²) in [5.74, 6) is -0.653. The molecule has 1 saturated carbocycles. The van der Waals surface area contributed by atoms with Crippen LogP contribution in [0.5, 0.6) is 0 Å². The molecule has 0 aromatic heterocycles. The molecule has 1 aromatic rings. The summed E-state index contributed by atoms with van der Waals surface area (Å²) < 4.78 is 5.36. The first-order chi connectivity index (χ1) is 15.0. The summed E-state index contributed by atoms with van der Waals surface area (Å²) in [6.45, 7) is 3.17. The van der Waals surface area contributed by atoms with Gasteiger partial charge in [0.05, 0.1) is 26.3 Å². The zero-order valence-corrected chi connectivity index (χ0v) is 18.2. The number of amides is 4. The van der Waals surface area contributed by atoms with Crippen molar-refractivity contribution in [2.75, 3.05) is 56.7 Å². The molecule has 0 spiro atoms. The summed E-state index contributed by atoms with van der Waals surface area (Å²) in [6, 6.07) is 7.36. The predicted molar refractivity (Wildman–Crippen MR) is 119 cm³/mol. The molecule has 4 amide bonds. The summed E-state index contributed by atoms with van der Waals surface area (Å²) in [5, 5.41) is 8.02. The van der Waals surface area contributed by atoms with Crippen molar-refractivity contribution in [3.63, 3.8) is 0 Å². The maximum absolute atomic E-state index is 12.3. The molecule has 2 aliphatic rings. The second-order valence-electron chi connectivity index (χ2n) is 8.22. The van der Waals surface area contributed by atoms with Gasteiger partial charge in [0.2, 0.25) is 11.8 Å². The minimum atomic E-state index is -0.463. The van der Waals surface area contributed by atoms with Gasteiger partial charge in [0, 0.05) is 30.5 Å². The predicted octanol–water partition coefficient (Wildman–Crippen LogP) is 1.55. The highest BCUT2D eigenvalue weighted by Gasteiger charge is 2.18. The number of likely N-dealkylation sites (N-methyl/N-ethyl adjacent to an activating group) is 1. The molecule has 0 unspecified atom stereocenters. The van der Waals surface area contributed by atoms with Crippen LogP contribution in [0.15, 0.2) is 24.3 Å². The Morgan fingerprint density at radius 2 is 1.65 bits per heavy atom. The number of nitrogens with one attached hydrogen (secondary N) is 3. The molecule has 1 aliphatic heterocycles. The third kappa shape index (κ3) is 7.84. The van der Waals surface area contributed by atoms with Crippen LogP contribution in [-0.2, 0) is 14.3 Å². The molecule has 1 saturated heterocycles. The van der Waals surface area contributed by atoms with Crippen LogP contribution in [0.4, 0.5) is 16.2 Å². The molecule has 9 nitrogen and oxygen atoms in total. The van der Waals surface area contributed by atoms with Crippen molar-refractivity contribution in [2.45, 2.75) is 38.1 Å². The van der Waals surface area contributed by atoms with E-state index in [4.69, 9.17) is 4.74 Å². The van der Waals surface area contributed by atoms with Gasteiger partial charge >= 0.3 is 6.03 Å². The lowest BCUT2D eigenvalue weighted by Gasteiger charge is -2.28. The number of hydrogen-bond donors (Lipinski definition) is 3. The summed E-state index contributed by atoms with van der Waals surface area (Å²) in [6.07, 6.45) is 5.31. The van der Waals surface area contributed by atoms with Crippen molar-refractivity contribution in [1.82, 2.24) is 15.5 Å². The van der Waals surface area contributed by atoms with Crippen molar-refractivity contribution in [1.29, 1.82) is 0 Å². The number of morpholine rings is 1. The minimum absolute atomic E-state index is 0.0402. The molecule has 1 aliphatic carbocycles. The molecule has 1 heterocycles. The van der Waals surface area contributed by atoms with Crippen LogP contribution in [0.25, 0.3) is 0 Å². The lowest BCUT2D eigenvalue weighted by molar-refractivity contribution is -0.122. The SMILES string of the molecule is CN(CC(=O)NC(=O)NC1CCCCC1)CC(=O)Nc1ccc(N2CCOCC2)cc1. The highest BCUT2D eigenvalue weighted by atomic mass is 16.5. The maximum Gasteiger partial charge on any atom is 0.321 e. The van der Waals surface area contributed by atoms with Crippen LogP contribution in [0.2, 0.25) is 0 Å². The van der Waals surface area contributed by atoms with Gasteiger partial charge in [-0.25, -0.2) is 4.79 Å². The van der Waals surface area contributed by atoms with Gasteiger partial charge in [-0.15, -0.1) is 0 Å². The van der Waals surface area contributed by atoms with Gasteiger partial charge in [0.25, 0.3) is 0 Å². The Hall–Kier alpha value is -2.65. The molecule has 9 heteroatoms. The molecule has 0 atom stereocenters. The Morgan fingerprint density at radius 3 is 2.32 bits per heavy atom. The van der Waals surface area contributed by atoms with E-state index in [2.05, 4.69) is 20.9 Å². The Kier molecular flexibility index (Phi) is 8.66. The Morgan fingerprint density at radius 1 is 1.00 bits per heavy atom. The highest BCUT2D eigenvalue weighted by molar-refractivity contribution is 5.96. The monoisotopic (exact) mass is 431 g/mol. The van der Waals surface area contributed by atoms with E-state index < -0.39 is 11.9 Å². The van der Waals surface area contributed by atoms with Crippen molar-refractivity contribution < 1.29 is 19.1 Å². The molecule has 1 aromatic carbocycles. The fraction of sp³-hybridized carbons (Fsp3) is 0.591. The van der Waals surface area contributed by atoms with E-state index in [1.54, 1.807) is 11.9 Å². The lowest BCUT2D eigenvalue weighted by atomic mass is 9.96. The molecule has 2 fully saturated rings. The topological polar surface area (TPSA) is 103 Å². The number of carbonyl (C=O) groups excluding carboxylic acids is 3. The van der Waals surface area contributed by atoms with Gasteiger partial charge in [0.1, 0.15) is 0 Å². The van der Waals surface area contributed by atoms with Crippen LogP contribution >= 0.6 is 0 Å². The molecular weight excluding hydrogens is 398 g/mol. The van der Waals surface area contributed by atoms with Crippen molar-refractivity contribution >= 4 is 29.2 Å². The van der Waals surface area contributed by atoms with Crippen LogP contribution in [0.1, 0.15) is 32.1 Å². The van der Waals surface area contributed by atoms with Gasteiger partial charge in [0.15, 0.2) is 0 Å². The minimum Gasteiger partial charge on any atom is -0.378 e. The normalized spacial score (nSPS) is 17.3. The number of ether oxygens (including phenoxy) is 1. The van der Waals surface area contributed by atoms with Gasteiger partial charge < -0.3 is 20.3 Å². The molecule has 170 valence electrons. The maximum atomic E-state index is 12.3. The third-order valence-corrected chi connectivity index (χ3v) is 5.55. The summed E-state index contributed by atoms with van der Waals surface area (Å²) in [5.41, 5.74) is 1.80. The number of urea groups is 1. The average molecular weight is 432 g/mol. The van der Waals surface area contributed by atoms with Gasteiger partial charge in [-0.1, -0.05) is 19.3 Å². The van der Waals surface area contributed by atoms with E-state index in [-0.39, 0.29) is 25.0 Å². The number of hydrogen-bond acceptors (Lipinski definition) is 6. The van der Waals surface area contributed by atoms with Crippen LogP contribution in [-0.4, -0.2) is 75.2 Å². The van der Waals surface area contributed by atoms with E-state index >= 15 is 0 Å². The molecular formula is C22H33N5O4. The Balaban J connectivity index is 1.36. The lowest BCUT2D eigenvalue weighted by Crippen LogP contribution is -2.48. The molecule has 3 rings (SSSR count). The standard InChI is InChI=1S/C22H33N5O4/c1-26(16-21(29)25-22(30)24-17-5-3-2-4-6-17)15-20(28)23-18-7-9-19(10-8-18)27-11-13-31-14-12-27/h7-10,17H,2-6,11-16H2,1H3,(H,23,28)(H2,24,25,29,30). The molecule has 0 bridgehead atoms. The molecule has 0 radical (unpaired) electrons. The van der Waals surface area contributed by atoms with Crippen LogP contribution in [0.3, 0.4) is 0 Å². The number of carbonyl (C=O) groups is 3. The largest absolute Gasteiger partial charge is 0.378 e. The van der Waals surface area contributed by atoms with Crippen molar-refractivity contribution in [3.05, 3.63) is 24.3 Å². The quantitative estimate of drug-likeness (QED) is 0.605. The summed E-state index contributed by atoms with van der Waals surface area (Å²) in [4.78, 5) is 40.1. The number of nitrogens with zero attached hydrogens (tertiary/aromatic N) is 2. The van der Waals surface area contributed by atoms with E-state index in [0.29, 0.717) is 5.69 Å². The van der Waals surface area contributed by atoms with E-state index in [9.17, 15) is 14.4 Å². The summed E-state index contributed by atoms with van der Waals surface area (Å²) in [7, 11) is 1.67. The zero-order chi connectivity index (χ0) is 22.1. The first-order valence-corrected chi connectivity index (χ1v) is 11.0. The first kappa shape index (κ1) is 23.0. The fourth-order valence-electron chi connectivity index (χ4n) is 3.96. The van der Waals surface area contributed by atoms with Crippen LogP contribution < -0.4 is 20.9 Å². The Labute approximate surface area is 183 Å². The first-order valence-electron chi connectivity index (χ1n) is 11.0. The van der Waals surface area contributed by atoms with E-state index in [1.165, 1.54) is 6.42 Å².